The third-order valence-corrected chi connectivity index (χ3v) is 4.19. The summed E-state index contributed by atoms with van der Waals surface area (Å²) in [5, 5.41) is 25.7. The van der Waals surface area contributed by atoms with Gasteiger partial charge in [0.05, 0.1) is 12.8 Å². The van der Waals surface area contributed by atoms with Gasteiger partial charge < -0.3 is 14.3 Å². The minimum Gasteiger partial charge on any atom is -0.505 e. The lowest BCUT2D eigenvalue weighted by Gasteiger charge is -2.09. The van der Waals surface area contributed by atoms with Crippen LogP contribution in [0.1, 0.15) is 37.7 Å². The summed E-state index contributed by atoms with van der Waals surface area (Å²) >= 11 is 0. The molecule has 10 nitrogen and oxygen atoms in total. The van der Waals surface area contributed by atoms with Crippen molar-refractivity contribution in [3.63, 3.8) is 0 Å². The van der Waals surface area contributed by atoms with E-state index in [0.717, 1.165) is 23.4 Å². The largest absolute Gasteiger partial charge is 0.505 e. The van der Waals surface area contributed by atoms with E-state index in [0.29, 0.717) is 5.69 Å². The Balaban J connectivity index is 2.03. The van der Waals surface area contributed by atoms with Gasteiger partial charge in [-0.05, 0) is 31.5 Å². The summed E-state index contributed by atoms with van der Waals surface area (Å²) in [7, 11) is 1.14. The van der Waals surface area contributed by atoms with E-state index >= 15 is 0 Å². The Labute approximate surface area is 169 Å². The second kappa shape index (κ2) is 7.92. The molecule has 152 valence electrons. The van der Waals surface area contributed by atoms with Crippen molar-refractivity contribution in [2.24, 2.45) is 0 Å². The number of furan rings is 1. The lowest BCUT2D eigenvalue weighted by molar-refractivity contribution is 0.0598. The predicted molar refractivity (Wildman–Crippen MR) is 104 cm³/mol. The molecule has 3 rings (SSSR count). The first-order chi connectivity index (χ1) is 14.3. The number of amides is 1. The zero-order chi connectivity index (χ0) is 22.0. The molecule has 0 saturated heterocycles. The number of esters is 1. The van der Waals surface area contributed by atoms with Gasteiger partial charge in [-0.15, -0.1) is 0 Å². The summed E-state index contributed by atoms with van der Waals surface area (Å²) < 4.78 is 10.9. The quantitative estimate of drug-likeness (QED) is 0.623. The maximum Gasteiger partial charge on any atom is 0.342 e. The van der Waals surface area contributed by atoms with Crippen LogP contribution in [-0.4, -0.2) is 33.9 Å². The molecule has 0 aliphatic heterocycles. The van der Waals surface area contributed by atoms with Crippen molar-refractivity contribution < 1.29 is 23.8 Å². The summed E-state index contributed by atoms with van der Waals surface area (Å²) in [5.74, 6) is -2.65. The summed E-state index contributed by atoms with van der Waals surface area (Å²) in [6.07, 6.45) is 0. The lowest BCUT2D eigenvalue weighted by atomic mass is 10.1. The number of nitrogens with zero attached hydrogens (tertiary/aromatic N) is 3. The highest BCUT2D eigenvalue weighted by atomic mass is 16.5. The van der Waals surface area contributed by atoms with E-state index in [1.807, 2.05) is 13.0 Å². The van der Waals surface area contributed by atoms with Crippen molar-refractivity contribution in [2.75, 3.05) is 12.4 Å². The molecule has 0 fully saturated rings. The molecule has 2 heterocycles. The topological polar surface area (TPSA) is 147 Å². The molecule has 2 aromatic heterocycles. The number of hydrogen-bond acceptors (Lipinski definition) is 8. The minimum atomic E-state index is -0.949. The molecule has 0 bridgehead atoms. The highest BCUT2D eigenvalue weighted by Gasteiger charge is 2.27. The molecule has 30 heavy (non-hydrogen) atoms. The molecule has 1 amide bonds. The fraction of sp³-hybridized carbons (Fsp3) is 0.150. The van der Waals surface area contributed by atoms with Gasteiger partial charge in [0.25, 0.3) is 11.5 Å². The summed E-state index contributed by atoms with van der Waals surface area (Å²) in [6, 6.07) is 9.46. The number of rotatable bonds is 4. The molecule has 1 aromatic carbocycles. The average Bonchev–Trinajstić information content (AvgIpc) is 3.02. The number of carbonyl (C=O) groups is 2. The Morgan fingerprint density at radius 2 is 2.03 bits per heavy atom. The Morgan fingerprint density at radius 1 is 1.30 bits per heavy atom. The normalized spacial score (nSPS) is 10.3. The number of aryl methyl sites for hydroxylation is 2. The molecule has 0 spiro atoms. The highest BCUT2D eigenvalue weighted by molar-refractivity contribution is 6.05. The van der Waals surface area contributed by atoms with Crippen LogP contribution >= 0.6 is 0 Å². The van der Waals surface area contributed by atoms with Gasteiger partial charge in [0.2, 0.25) is 5.88 Å². The second-order valence-electron chi connectivity index (χ2n) is 6.26. The van der Waals surface area contributed by atoms with E-state index in [4.69, 9.17) is 4.42 Å². The number of anilines is 1. The molecule has 0 saturated carbocycles. The van der Waals surface area contributed by atoms with E-state index in [9.17, 15) is 24.8 Å². The van der Waals surface area contributed by atoms with Crippen LogP contribution in [0, 0.1) is 25.2 Å². The Hall–Kier alpha value is -4.39. The monoisotopic (exact) mass is 408 g/mol. The number of nitriles is 1. The predicted octanol–water partition coefficient (Wildman–Crippen LogP) is 2.06. The van der Waals surface area contributed by atoms with Crippen LogP contribution < -0.4 is 10.9 Å². The lowest BCUT2D eigenvalue weighted by Crippen LogP contribution is -2.25. The fourth-order valence-electron chi connectivity index (χ4n) is 2.80. The van der Waals surface area contributed by atoms with Gasteiger partial charge in [-0.2, -0.15) is 15.0 Å². The highest BCUT2D eigenvalue weighted by Crippen LogP contribution is 2.28. The van der Waals surface area contributed by atoms with Crippen molar-refractivity contribution in [2.45, 2.75) is 13.8 Å². The maximum atomic E-state index is 12.7. The zero-order valence-corrected chi connectivity index (χ0v) is 16.2. The first-order valence-corrected chi connectivity index (χ1v) is 8.60. The second-order valence-corrected chi connectivity index (χ2v) is 6.26. The molecule has 0 aliphatic carbocycles. The summed E-state index contributed by atoms with van der Waals surface area (Å²) in [5.41, 5.74) is -0.229. The average molecular weight is 408 g/mol. The number of benzene rings is 1. The van der Waals surface area contributed by atoms with Gasteiger partial charge in [-0.3, -0.25) is 14.9 Å². The first-order valence-electron chi connectivity index (χ1n) is 8.60. The smallest absolute Gasteiger partial charge is 0.342 e. The number of aromatic hydroxyl groups is 1. The van der Waals surface area contributed by atoms with Crippen LogP contribution in [0.2, 0.25) is 0 Å². The number of methoxy groups -OCH3 is 1. The summed E-state index contributed by atoms with van der Waals surface area (Å²) in [6.45, 7) is 3.25. The maximum absolute atomic E-state index is 12.7. The Bertz CT molecular complexity index is 1270. The number of nitrogens with one attached hydrogen (secondary N) is 1. The Kier molecular flexibility index (Phi) is 5.37. The van der Waals surface area contributed by atoms with E-state index in [-0.39, 0.29) is 22.8 Å². The first kappa shape index (κ1) is 20.3. The molecule has 2 N–H and O–H groups in total. The molecular formula is C20H16N4O6. The third-order valence-electron chi connectivity index (χ3n) is 4.19. The van der Waals surface area contributed by atoms with Crippen LogP contribution in [-0.2, 0) is 4.74 Å². The minimum absolute atomic E-state index is 0.0654. The van der Waals surface area contributed by atoms with E-state index in [2.05, 4.69) is 15.2 Å². The van der Waals surface area contributed by atoms with Gasteiger partial charge in [-0.25, -0.2) is 4.79 Å². The SMILES string of the molecule is COC(=O)c1c(C)oc(NC(=O)c2nn(-c3cccc(C)c3)c(=O)cc2O)c1C#N. The van der Waals surface area contributed by atoms with Crippen molar-refractivity contribution >= 4 is 17.8 Å². The standard InChI is InChI=1S/C20H16N4O6/c1-10-5-4-6-12(7-10)24-15(26)8-14(25)17(23-24)18(27)22-19-13(9-21)16(11(2)30-19)20(28)29-3/h4-8,25H,1-3H3,(H,22,27). The molecule has 0 atom stereocenters. The zero-order valence-electron chi connectivity index (χ0n) is 16.2. The van der Waals surface area contributed by atoms with Crippen molar-refractivity contribution in [3.05, 3.63) is 68.8 Å². The molecule has 0 radical (unpaired) electrons. The number of hydrogen-bond donors (Lipinski definition) is 2. The van der Waals surface area contributed by atoms with Crippen LogP contribution in [0.15, 0.2) is 39.5 Å². The summed E-state index contributed by atoms with van der Waals surface area (Å²) in [4.78, 5) is 36.8. The molecular weight excluding hydrogens is 392 g/mol. The number of ether oxygens (including phenoxy) is 1. The van der Waals surface area contributed by atoms with Crippen molar-refractivity contribution in [1.82, 2.24) is 9.78 Å². The van der Waals surface area contributed by atoms with E-state index in [1.165, 1.54) is 6.92 Å². The van der Waals surface area contributed by atoms with Gasteiger partial charge in [-0.1, -0.05) is 12.1 Å². The van der Waals surface area contributed by atoms with Gasteiger partial charge in [0, 0.05) is 6.07 Å². The molecule has 10 heteroatoms. The molecule has 0 aliphatic rings. The molecule has 0 unspecified atom stereocenters. The third kappa shape index (κ3) is 3.64. The van der Waals surface area contributed by atoms with Crippen molar-refractivity contribution in [1.29, 1.82) is 5.26 Å². The molecule has 3 aromatic rings. The van der Waals surface area contributed by atoms with Crippen molar-refractivity contribution in [3.8, 4) is 17.5 Å². The number of aromatic nitrogens is 2. The van der Waals surface area contributed by atoms with Crippen LogP contribution in [0.4, 0.5) is 5.88 Å². The van der Waals surface area contributed by atoms with Crippen LogP contribution in [0.5, 0.6) is 5.75 Å². The van der Waals surface area contributed by atoms with Gasteiger partial charge >= 0.3 is 5.97 Å². The fourth-order valence-corrected chi connectivity index (χ4v) is 2.80. The number of carbonyl (C=O) groups excluding carboxylic acids is 2. The Morgan fingerprint density at radius 3 is 2.67 bits per heavy atom. The van der Waals surface area contributed by atoms with Crippen LogP contribution in [0.25, 0.3) is 5.69 Å². The van der Waals surface area contributed by atoms with E-state index < -0.39 is 28.9 Å². The van der Waals surface area contributed by atoms with Crippen LogP contribution in [0.3, 0.4) is 0 Å². The van der Waals surface area contributed by atoms with Gasteiger partial charge in [0.15, 0.2) is 11.4 Å². The van der Waals surface area contributed by atoms with Gasteiger partial charge in [0.1, 0.15) is 23.0 Å². The van der Waals surface area contributed by atoms with E-state index in [1.54, 1.807) is 24.3 Å².